The van der Waals surface area contributed by atoms with Gasteiger partial charge in [-0.2, -0.15) is 0 Å². The van der Waals surface area contributed by atoms with Crippen LogP contribution in [0.1, 0.15) is 350 Å². The Morgan fingerprint density at radius 3 is 0.978 bits per heavy atom. The molecule has 6 atom stereocenters. The third kappa shape index (κ3) is 64.9. The van der Waals surface area contributed by atoms with Gasteiger partial charge in [0.1, 0.15) is 19.3 Å². The van der Waals surface area contributed by atoms with Crippen molar-refractivity contribution in [3.05, 3.63) is 24.3 Å². The molecule has 0 saturated carbocycles. The molecule has 92 heavy (non-hydrogen) atoms. The fourth-order valence-corrected chi connectivity index (χ4v) is 12.1. The van der Waals surface area contributed by atoms with Crippen LogP contribution in [0.2, 0.25) is 0 Å². The standard InChI is InChI=1S/C73H138O17P2/c1-7-10-12-14-16-18-19-20-21-24-27-31-38-44-50-56-71(76)84-62-68(89-72(77)57-51-45-39-32-28-25-22-23-26-30-35-41-47-53-65(4)5)63-87-91(79,80)85-59-67(74)60-86-92(81,82)88-64-69(61-83-70(75)55-49-43-37-29-17-15-13-11-8-2)90-73(78)58-52-46-40-34-33-36-42-48-54-66(6)9-3/h18-21,65-69,74H,7-17,22-64H2,1-6H3,(H,79,80)(H,81,82)/b19-18-,21-20-/t66?,67-,68-,69-/m1/s1. The van der Waals surface area contributed by atoms with Crippen molar-refractivity contribution in [2.24, 2.45) is 11.8 Å². The number of phosphoric acid groups is 2. The smallest absolute Gasteiger partial charge is 0.462 e. The van der Waals surface area contributed by atoms with Crippen molar-refractivity contribution in [3.63, 3.8) is 0 Å². The molecule has 0 aliphatic rings. The highest BCUT2D eigenvalue weighted by Gasteiger charge is 2.30. The average molecular weight is 1350 g/mol. The van der Waals surface area contributed by atoms with Gasteiger partial charge in [-0.1, -0.05) is 297 Å². The molecule has 0 aromatic heterocycles. The number of hydrogen-bond donors (Lipinski definition) is 3. The molecule has 0 amide bonds. The molecule has 0 bridgehead atoms. The molecule has 3 unspecified atom stereocenters. The van der Waals surface area contributed by atoms with E-state index in [9.17, 15) is 43.2 Å². The first-order valence-electron chi connectivity index (χ1n) is 37.3. The minimum atomic E-state index is -4.96. The van der Waals surface area contributed by atoms with E-state index in [1.165, 1.54) is 148 Å². The zero-order valence-electron chi connectivity index (χ0n) is 59.3. The number of ether oxygens (including phenoxy) is 4. The number of unbranched alkanes of at least 4 members (excludes halogenated alkanes) is 36. The van der Waals surface area contributed by atoms with Crippen LogP contribution in [0, 0.1) is 11.8 Å². The normalized spacial score (nSPS) is 14.5. The SMILES string of the molecule is CCCCCC/C=C\C=C/CCCCCCCC(=O)OC[C@H](COP(=O)(O)OC[C@@H](O)COP(=O)(O)OC[C@@H](COC(=O)CCCCCCCCCCC)OC(=O)CCCCCCCCCCC(C)CC)OC(=O)CCCCCCCCCCCCCCCC(C)C. The van der Waals surface area contributed by atoms with E-state index in [1.54, 1.807) is 0 Å². The van der Waals surface area contributed by atoms with Crippen LogP contribution in [-0.2, 0) is 65.4 Å². The minimum Gasteiger partial charge on any atom is -0.462 e. The lowest BCUT2D eigenvalue weighted by Crippen LogP contribution is -2.30. The second-order valence-electron chi connectivity index (χ2n) is 26.4. The third-order valence-corrected chi connectivity index (χ3v) is 18.6. The predicted molar refractivity (Wildman–Crippen MR) is 372 cm³/mol. The molecule has 0 spiro atoms. The van der Waals surface area contributed by atoms with Gasteiger partial charge >= 0.3 is 39.5 Å². The lowest BCUT2D eigenvalue weighted by atomic mass is 9.99. The highest BCUT2D eigenvalue weighted by Crippen LogP contribution is 2.45. The Bertz CT molecular complexity index is 1880. The van der Waals surface area contributed by atoms with Gasteiger partial charge in [-0.05, 0) is 63.2 Å². The van der Waals surface area contributed by atoms with Crippen molar-refractivity contribution in [2.75, 3.05) is 39.6 Å². The maximum Gasteiger partial charge on any atom is 0.472 e. The molecule has 17 nitrogen and oxygen atoms in total. The number of aliphatic hydroxyl groups is 1. The van der Waals surface area contributed by atoms with Crippen LogP contribution in [0.3, 0.4) is 0 Å². The molecule has 0 aromatic carbocycles. The van der Waals surface area contributed by atoms with Gasteiger partial charge in [-0.3, -0.25) is 37.3 Å². The van der Waals surface area contributed by atoms with Gasteiger partial charge in [-0.25, -0.2) is 9.13 Å². The number of carbonyl (C=O) groups excluding carboxylic acids is 4. The summed E-state index contributed by atoms with van der Waals surface area (Å²) in [5.41, 5.74) is 0. The lowest BCUT2D eigenvalue weighted by Gasteiger charge is -2.21. The Morgan fingerprint density at radius 2 is 0.641 bits per heavy atom. The quantitative estimate of drug-likeness (QED) is 0.0169. The highest BCUT2D eigenvalue weighted by molar-refractivity contribution is 7.47. The fraction of sp³-hybridized carbons (Fsp3) is 0.890. The molecule has 3 N–H and O–H groups in total. The van der Waals surface area contributed by atoms with E-state index in [1.807, 2.05) is 0 Å². The van der Waals surface area contributed by atoms with Gasteiger partial charge in [0.25, 0.3) is 0 Å². The van der Waals surface area contributed by atoms with Gasteiger partial charge in [0.15, 0.2) is 12.2 Å². The van der Waals surface area contributed by atoms with Crippen molar-refractivity contribution >= 4 is 39.5 Å². The number of aliphatic hydroxyl groups excluding tert-OH is 1. The molecule has 0 aliphatic heterocycles. The average Bonchev–Trinajstić information content (AvgIpc) is 1.70. The topological polar surface area (TPSA) is 237 Å². The monoisotopic (exact) mass is 1350 g/mol. The summed E-state index contributed by atoms with van der Waals surface area (Å²) < 4.78 is 68.3. The molecular formula is C73H138O17P2. The molecule has 0 saturated heterocycles. The van der Waals surface area contributed by atoms with Crippen LogP contribution in [0.5, 0.6) is 0 Å². The summed E-state index contributed by atoms with van der Waals surface area (Å²) >= 11 is 0. The summed E-state index contributed by atoms with van der Waals surface area (Å²) in [7, 11) is -9.92. The summed E-state index contributed by atoms with van der Waals surface area (Å²) in [6, 6.07) is 0. The summed E-state index contributed by atoms with van der Waals surface area (Å²) in [6.45, 7) is 9.50. The molecule has 0 aromatic rings. The predicted octanol–water partition coefficient (Wildman–Crippen LogP) is 20.7. The van der Waals surface area contributed by atoms with E-state index in [0.717, 1.165) is 121 Å². The van der Waals surface area contributed by atoms with Gasteiger partial charge < -0.3 is 33.8 Å². The number of esters is 4. The van der Waals surface area contributed by atoms with Gasteiger partial charge in [-0.15, -0.1) is 0 Å². The van der Waals surface area contributed by atoms with Crippen LogP contribution in [-0.4, -0.2) is 96.7 Å². The zero-order chi connectivity index (χ0) is 67.9. The Morgan fingerprint density at radius 1 is 0.359 bits per heavy atom. The second-order valence-corrected chi connectivity index (χ2v) is 29.3. The van der Waals surface area contributed by atoms with Crippen LogP contribution in [0.15, 0.2) is 24.3 Å². The molecule has 19 heteroatoms. The van der Waals surface area contributed by atoms with Crippen LogP contribution in [0.25, 0.3) is 0 Å². The van der Waals surface area contributed by atoms with Gasteiger partial charge in [0.2, 0.25) is 0 Å². The van der Waals surface area contributed by atoms with Crippen LogP contribution in [0.4, 0.5) is 0 Å². The summed E-state index contributed by atoms with van der Waals surface area (Å²) in [5, 5.41) is 10.6. The van der Waals surface area contributed by atoms with E-state index in [4.69, 9.17) is 37.0 Å². The van der Waals surface area contributed by atoms with E-state index in [0.29, 0.717) is 25.7 Å². The Kier molecular flexibility index (Phi) is 62.8. The van der Waals surface area contributed by atoms with Gasteiger partial charge in [0, 0.05) is 25.7 Å². The number of carbonyl (C=O) groups is 4. The largest absolute Gasteiger partial charge is 0.472 e. The summed E-state index contributed by atoms with van der Waals surface area (Å²) in [6.07, 6.45) is 53.4. The first-order chi connectivity index (χ1) is 44.4. The molecule has 0 radical (unpaired) electrons. The first kappa shape index (κ1) is 89.5. The van der Waals surface area contributed by atoms with E-state index in [-0.39, 0.29) is 25.7 Å². The molecule has 0 aliphatic carbocycles. The van der Waals surface area contributed by atoms with Crippen molar-refractivity contribution in [1.82, 2.24) is 0 Å². The van der Waals surface area contributed by atoms with Crippen molar-refractivity contribution in [1.29, 1.82) is 0 Å². The molecular weight excluding hydrogens is 1210 g/mol. The maximum atomic E-state index is 13.0. The molecule has 0 fully saturated rings. The first-order valence-corrected chi connectivity index (χ1v) is 40.3. The number of phosphoric ester groups is 2. The molecule has 0 heterocycles. The maximum absolute atomic E-state index is 13.0. The van der Waals surface area contributed by atoms with E-state index >= 15 is 0 Å². The molecule has 542 valence electrons. The van der Waals surface area contributed by atoms with Crippen molar-refractivity contribution in [3.8, 4) is 0 Å². The Labute approximate surface area is 561 Å². The van der Waals surface area contributed by atoms with Crippen LogP contribution >= 0.6 is 15.6 Å². The Hall–Kier alpha value is -2.46. The minimum absolute atomic E-state index is 0.100. The fourth-order valence-electron chi connectivity index (χ4n) is 10.5. The van der Waals surface area contributed by atoms with E-state index in [2.05, 4.69) is 65.8 Å². The summed E-state index contributed by atoms with van der Waals surface area (Å²) in [5.74, 6) is -0.600. The van der Waals surface area contributed by atoms with E-state index < -0.39 is 97.5 Å². The van der Waals surface area contributed by atoms with Crippen molar-refractivity contribution in [2.45, 2.75) is 368 Å². The lowest BCUT2D eigenvalue weighted by molar-refractivity contribution is -0.161. The van der Waals surface area contributed by atoms with Crippen molar-refractivity contribution < 1.29 is 80.2 Å². The van der Waals surface area contributed by atoms with Crippen LogP contribution < -0.4 is 0 Å². The van der Waals surface area contributed by atoms with Gasteiger partial charge in [0.05, 0.1) is 26.4 Å². The number of rotatable bonds is 70. The summed E-state index contributed by atoms with van der Waals surface area (Å²) in [4.78, 5) is 72.6. The number of hydrogen-bond acceptors (Lipinski definition) is 15. The second kappa shape index (κ2) is 64.5. The highest BCUT2D eigenvalue weighted by atomic mass is 31.2. The third-order valence-electron chi connectivity index (χ3n) is 16.7. The zero-order valence-corrected chi connectivity index (χ0v) is 61.1. The number of allylic oxidation sites excluding steroid dienone is 4. The molecule has 0 rings (SSSR count). The Balaban J connectivity index is 5.28.